The van der Waals surface area contributed by atoms with E-state index < -0.39 is 6.10 Å². The Morgan fingerprint density at radius 3 is 2.86 bits per heavy atom. The number of imidazole rings is 1. The molecule has 0 spiro atoms. The van der Waals surface area contributed by atoms with Crippen LogP contribution in [-0.2, 0) is 6.54 Å². The highest BCUT2D eigenvalue weighted by atomic mass is 35.5. The summed E-state index contributed by atoms with van der Waals surface area (Å²) in [6, 6.07) is 7.21. The third kappa shape index (κ3) is 3.21. The van der Waals surface area contributed by atoms with Crippen molar-refractivity contribution in [3.63, 3.8) is 0 Å². The van der Waals surface area contributed by atoms with E-state index >= 15 is 0 Å². The number of rotatable bonds is 5. The lowest BCUT2D eigenvalue weighted by Crippen LogP contribution is -2.21. The number of aromatic nitrogens is 3. The van der Waals surface area contributed by atoms with Gasteiger partial charge in [-0.25, -0.2) is 4.98 Å². The number of aliphatic hydroxyl groups is 1. The summed E-state index contributed by atoms with van der Waals surface area (Å²) in [6.07, 6.45) is 6.55. The number of nitrogens with zero attached hydrogens (tertiary/aromatic N) is 3. The summed E-state index contributed by atoms with van der Waals surface area (Å²) in [5, 5.41) is 14.0. The van der Waals surface area contributed by atoms with Gasteiger partial charge in [0.15, 0.2) is 5.65 Å². The topological polar surface area (TPSA) is 62.5 Å². The molecule has 0 radical (unpaired) electrons. The average Bonchev–Trinajstić information content (AvgIpc) is 2.91. The van der Waals surface area contributed by atoms with Crippen molar-refractivity contribution in [2.24, 2.45) is 0 Å². The second-order valence-electron chi connectivity index (χ2n) is 4.75. The molecule has 0 amide bonds. The Morgan fingerprint density at radius 2 is 2.05 bits per heavy atom. The highest BCUT2D eigenvalue weighted by Crippen LogP contribution is 2.15. The van der Waals surface area contributed by atoms with E-state index in [9.17, 15) is 5.11 Å². The van der Waals surface area contributed by atoms with Crippen molar-refractivity contribution in [2.75, 3.05) is 6.54 Å². The van der Waals surface area contributed by atoms with Crippen molar-refractivity contribution >= 4 is 17.2 Å². The number of fused-ring (bicyclic) bond motifs is 1. The summed E-state index contributed by atoms with van der Waals surface area (Å²) in [6.45, 7) is 1.08. The molecular weight excluding hydrogens is 288 g/mol. The minimum Gasteiger partial charge on any atom is -0.387 e. The molecule has 0 aliphatic rings. The monoisotopic (exact) mass is 302 g/mol. The van der Waals surface area contributed by atoms with Crippen LogP contribution in [0.3, 0.4) is 0 Å². The Bertz CT molecular complexity index is 726. The highest BCUT2D eigenvalue weighted by molar-refractivity contribution is 6.30. The van der Waals surface area contributed by atoms with Crippen molar-refractivity contribution in [1.82, 2.24) is 19.7 Å². The first-order valence-corrected chi connectivity index (χ1v) is 7.02. The summed E-state index contributed by atoms with van der Waals surface area (Å²) in [5.74, 6) is 0. The van der Waals surface area contributed by atoms with E-state index in [0.717, 1.165) is 16.9 Å². The molecule has 0 fully saturated rings. The van der Waals surface area contributed by atoms with Crippen molar-refractivity contribution < 1.29 is 5.11 Å². The smallest absolute Gasteiger partial charge is 0.155 e. The lowest BCUT2D eigenvalue weighted by Gasteiger charge is -2.12. The number of hydrogen-bond acceptors (Lipinski definition) is 4. The molecule has 5 nitrogen and oxygen atoms in total. The molecule has 21 heavy (non-hydrogen) atoms. The van der Waals surface area contributed by atoms with Gasteiger partial charge in [0.05, 0.1) is 24.2 Å². The molecule has 0 aliphatic carbocycles. The maximum atomic E-state index is 10.1. The van der Waals surface area contributed by atoms with Gasteiger partial charge in [-0.05, 0) is 17.7 Å². The van der Waals surface area contributed by atoms with Crippen LogP contribution in [0.4, 0.5) is 0 Å². The third-order valence-corrected chi connectivity index (χ3v) is 3.54. The summed E-state index contributed by atoms with van der Waals surface area (Å²) in [7, 11) is 0. The zero-order valence-corrected chi connectivity index (χ0v) is 12.0. The van der Waals surface area contributed by atoms with Crippen LogP contribution in [-0.4, -0.2) is 26.0 Å². The highest BCUT2D eigenvalue weighted by Gasteiger charge is 2.08. The standard InChI is InChI=1S/C15H15ClN4O/c16-12-3-1-11(2-4-12)14(21)9-18-7-13-8-19-15-10-17-5-6-20(13)15/h1-6,8,10,14,18,21H,7,9H2. The lowest BCUT2D eigenvalue weighted by atomic mass is 10.1. The predicted molar refractivity (Wildman–Crippen MR) is 81.1 cm³/mol. The van der Waals surface area contributed by atoms with Crippen LogP contribution in [0.1, 0.15) is 17.4 Å². The maximum absolute atomic E-state index is 10.1. The fourth-order valence-electron chi connectivity index (χ4n) is 2.17. The van der Waals surface area contributed by atoms with Crippen LogP contribution in [0.2, 0.25) is 5.02 Å². The molecular formula is C15H15ClN4O. The van der Waals surface area contributed by atoms with Gasteiger partial charge in [-0.2, -0.15) is 0 Å². The van der Waals surface area contributed by atoms with E-state index in [0.29, 0.717) is 18.1 Å². The van der Waals surface area contributed by atoms with E-state index in [4.69, 9.17) is 11.6 Å². The minimum absolute atomic E-state index is 0.458. The van der Waals surface area contributed by atoms with Gasteiger partial charge in [0, 0.05) is 30.5 Å². The molecule has 2 N–H and O–H groups in total. The molecule has 2 aromatic heterocycles. The Hall–Kier alpha value is -1.95. The van der Waals surface area contributed by atoms with Crippen LogP contribution >= 0.6 is 11.6 Å². The van der Waals surface area contributed by atoms with E-state index in [-0.39, 0.29) is 0 Å². The maximum Gasteiger partial charge on any atom is 0.155 e. The average molecular weight is 303 g/mol. The van der Waals surface area contributed by atoms with Gasteiger partial charge in [-0.15, -0.1) is 0 Å². The van der Waals surface area contributed by atoms with Crippen LogP contribution < -0.4 is 5.32 Å². The Kier molecular flexibility index (Phi) is 4.15. The Labute approximate surface area is 127 Å². The first-order chi connectivity index (χ1) is 10.2. The minimum atomic E-state index is -0.567. The van der Waals surface area contributed by atoms with Gasteiger partial charge in [0.1, 0.15) is 0 Å². The van der Waals surface area contributed by atoms with Gasteiger partial charge in [-0.1, -0.05) is 23.7 Å². The number of halogens is 1. The molecule has 6 heteroatoms. The molecule has 0 bridgehead atoms. The molecule has 1 unspecified atom stereocenters. The summed E-state index contributed by atoms with van der Waals surface area (Å²) < 4.78 is 1.97. The van der Waals surface area contributed by atoms with Crippen molar-refractivity contribution in [1.29, 1.82) is 0 Å². The molecule has 1 atom stereocenters. The van der Waals surface area contributed by atoms with Crippen molar-refractivity contribution in [3.8, 4) is 0 Å². The van der Waals surface area contributed by atoms with Crippen molar-refractivity contribution in [3.05, 3.63) is 65.3 Å². The zero-order chi connectivity index (χ0) is 14.7. The SMILES string of the molecule is OC(CNCc1cnc2cnccn12)c1ccc(Cl)cc1. The number of benzene rings is 1. The second kappa shape index (κ2) is 6.22. The van der Waals surface area contributed by atoms with Gasteiger partial charge in [0.25, 0.3) is 0 Å². The molecule has 108 valence electrons. The van der Waals surface area contributed by atoms with Crippen LogP contribution in [0.15, 0.2) is 49.1 Å². The first kappa shape index (κ1) is 14.0. The molecule has 0 saturated heterocycles. The molecule has 0 saturated carbocycles. The molecule has 1 aromatic carbocycles. The second-order valence-corrected chi connectivity index (χ2v) is 5.19. The summed E-state index contributed by atoms with van der Waals surface area (Å²) >= 11 is 5.83. The summed E-state index contributed by atoms with van der Waals surface area (Å²) in [4.78, 5) is 8.29. The molecule has 2 heterocycles. The molecule has 0 aliphatic heterocycles. The van der Waals surface area contributed by atoms with Gasteiger partial charge in [-0.3, -0.25) is 9.38 Å². The Morgan fingerprint density at radius 1 is 1.24 bits per heavy atom. The van der Waals surface area contributed by atoms with E-state index in [1.54, 1.807) is 30.7 Å². The zero-order valence-electron chi connectivity index (χ0n) is 11.3. The fourth-order valence-corrected chi connectivity index (χ4v) is 2.29. The van der Waals surface area contributed by atoms with Gasteiger partial charge < -0.3 is 10.4 Å². The normalized spacial score (nSPS) is 12.7. The Balaban J connectivity index is 1.59. The van der Waals surface area contributed by atoms with Crippen LogP contribution in [0.25, 0.3) is 5.65 Å². The molecule has 3 aromatic rings. The number of nitrogens with one attached hydrogen (secondary N) is 1. The predicted octanol–water partition coefficient (Wildman–Crippen LogP) is 2.21. The summed E-state index contributed by atoms with van der Waals surface area (Å²) in [5.41, 5.74) is 2.68. The quantitative estimate of drug-likeness (QED) is 0.758. The van der Waals surface area contributed by atoms with E-state index in [2.05, 4.69) is 15.3 Å². The largest absolute Gasteiger partial charge is 0.387 e. The number of aliphatic hydroxyl groups excluding tert-OH is 1. The lowest BCUT2D eigenvalue weighted by molar-refractivity contribution is 0.174. The first-order valence-electron chi connectivity index (χ1n) is 6.64. The van der Waals surface area contributed by atoms with E-state index in [1.807, 2.05) is 22.7 Å². The van der Waals surface area contributed by atoms with Crippen molar-refractivity contribution in [2.45, 2.75) is 12.6 Å². The van der Waals surface area contributed by atoms with E-state index in [1.165, 1.54) is 0 Å². The number of hydrogen-bond donors (Lipinski definition) is 2. The van der Waals surface area contributed by atoms with Crippen LogP contribution in [0, 0.1) is 0 Å². The third-order valence-electron chi connectivity index (χ3n) is 3.29. The van der Waals surface area contributed by atoms with Gasteiger partial charge in [0.2, 0.25) is 0 Å². The van der Waals surface area contributed by atoms with Gasteiger partial charge >= 0.3 is 0 Å². The van der Waals surface area contributed by atoms with Crippen LogP contribution in [0.5, 0.6) is 0 Å². The molecule has 3 rings (SSSR count). The fraction of sp³-hybridized carbons (Fsp3) is 0.200.